The van der Waals surface area contributed by atoms with Gasteiger partial charge in [0, 0.05) is 21.9 Å². The summed E-state index contributed by atoms with van der Waals surface area (Å²) < 4.78 is 6.12. The van der Waals surface area contributed by atoms with Gasteiger partial charge in [0.05, 0.1) is 12.7 Å². The number of amides is 1. The lowest BCUT2D eigenvalue weighted by Crippen LogP contribution is -2.14. The molecule has 0 aromatic heterocycles. The van der Waals surface area contributed by atoms with E-state index >= 15 is 0 Å². The standard InChI is InChI=1S/C16H17BrN2O2/c1-9-6-11(7-10(2)15(9)17)19-16(20)13-5-4-12(21-3)8-14(13)18/h4-8H,18H2,1-3H3,(H,19,20). The fourth-order valence-electron chi connectivity index (χ4n) is 2.09. The van der Waals surface area contributed by atoms with Crippen LogP contribution in [0.5, 0.6) is 5.75 Å². The first kappa shape index (κ1) is 15.4. The van der Waals surface area contributed by atoms with E-state index in [-0.39, 0.29) is 5.91 Å². The minimum Gasteiger partial charge on any atom is -0.497 e. The van der Waals surface area contributed by atoms with Crippen molar-refractivity contribution in [2.24, 2.45) is 0 Å². The molecule has 0 unspecified atom stereocenters. The maximum absolute atomic E-state index is 12.3. The smallest absolute Gasteiger partial charge is 0.257 e. The molecule has 1 amide bonds. The Morgan fingerprint density at radius 1 is 1.19 bits per heavy atom. The maximum atomic E-state index is 12.3. The molecule has 3 N–H and O–H groups in total. The highest BCUT2D eigenvalue weighted by Crippen LogP contribution is 2.26. The number of halogens is 1. The van der Waals surface area contributed by atoms with Crippen molar-refractivity contribution < 1.29 is 9.53 Å². The molecule has 0 aliphatic rings. The summed E-state index contributed by atoms with van der Waals surface area (Å²) in [5.41, 5.74) is 9.57. The zero-order valence-corrected chi connectivity index (χ0v) is 13.7. The number of benzene rings is 2. The van der Waals surface area contributed by atoms with Gasteiger partial charge in [0.1, 0.15) is 5.75 Å². The van der Waals surface area contributed by atoms with E-state index in [0.29, 0.717) is 17.0 Å². The number of anilines is 2. The third-order valence-electron chi connectivity index (χ3n) is 3.20. The quantitative estimate of drug-likeness (QED) is 0.826. The van der Waals surface area contributed by atoms with Crippen LogP contribution in [0.2, 0.25) is 0 Å². The molecule has 4 nitrogen and oxygen atoms in total. The van der Waals surface area contributed by atoms with Crippen LogP contribution in [0.25, 0.3) is 0 Å². The molecular weight excluding hydrogens is 332 g/mol. The maximum Gasteiger partial charge on any atom is 0.257 e. The van der Waals surface area contributed by atoms with Crippen LogP contribution in [-0.4, -0.2) is 13.0 Å². The minimum absolute atomic E-state index is 0.240. The van der Waals surface area contributed by atoms with Crippen molar-refractivity contribution in [2.75, 3.05) is 18.2 Å². The third-order valence-corrected chi connectivity index (χ3v) is 4.45. The number of nitrogens with two attached hydrogens (primary N) is 1. The molecule has 0 atom stereocenters. The van der Waals surface area contributed by atoms with E-state index < -0.39 is 0 Å². The van der Waals surface area contributed by atoms with Gasteiger partial charge >= 0.3 is 0 Å². The normalized spacial score (nSPS) is 10.3. The average Bonchev–Trinajstić information content (AvgIpc) is 2.44. The second kappa shape index (κ2) is 6.18. The molecule has 21 heavy (non-hydrogen) atoms. The van der Waals surface area contributed by atoms with Crippen LogP contribution in [0, 0.1) is 13.8 Å². The van der Waals surface area contributed by atoms with Crippen LogP contribution >= 0.6 is 15.9 Å². The Bertz CT molecular complexity index is 676. The molecule has 0 saturated heterocycles. The summed E-state index contributed by atoms with van der Waals surface area (Å²) >= 11 is 3.51. The monoisotopic (exact) mass is 348 g/mol. The molecular formula is C16H17BrN2O2. The van der Waals surface area contributed by atoms with Gasteiger partial charge in [-0.15, -0.1) is 0 Å². The molecule has 0 spiro atoms. The van der Waals surface area contributed by atoms with E-state index in [1.54, 1.807) is 25.3 Å². The molecule has 2 aromatic carbocycles. The summed E-state index contributed by atoms with van der Waals surface area (Å²) in [6, 6.07) is 8.82. The van der Waals surface area contributed by atoms with Crippen LogP contribution in [0.3, 0.4) is 0 Å². The number of aryl methyl sites for hydroxylation is 2. The minimum atomic E-state index is -0.240. The van der Waals surface area contributed by atoms with Gasteiger partial charge in [-0.05, 0) is 49.2 Å². The number of nitrogen functional groups attached to an aromatic ring is 1. The van der Waals surface area contributed by atoms with Crippen LogP contribution in [-0.2, 0) is 0 Å². The molecule has 110 valence electrons. The van der Waals surface area contributed by atoms with Gasteiger partial charge in [0.2, 0.25) is 0 Å². The lowest BCUT2D eigenvalue weighted by Gasteiger charge is -2.11. The largest absolute Gasteiger partial charge is 0.497 e. The van der Waals surface area contributed by atoms with E-state index in [1.807, 2.05) is 26.0 Å². The number of nitrogens with one attached hydrogen (secondary N) is 1. The van der Waals surface area contributed by atoms with Crippen molar-refractivity contribution in [3.63, 3.8) is 0 Å². The number of methoxy groups -OCH3 is 1. The van der Waals surface area contributed by atoms with Crippen LogP contribution in [0.15, 0.2) is 34.8 Å². The molecule has 0 bridgehead atoms. The summed E-state index contributed by atoms with van der Waals surface area (Å²) in [7, 11) is 1.56. The molecule has 0 saturated carbocycles. The molecule has 0 aliphatic heterocycles. The Hall–Kier alpha value is -2.01. The first-order valence-corrected chi connectivity index (χ1v) is 7.23. The first-order valence-electron chi connectivity index (χ1n) is 6.44. The highest BCUT2D eigenvalue weighted by atomic mass is 79.9. The summed E-state index contributed by atoms with van der Waals surface area (Å²) in [6.45, 7) is 3.96. The number of hydrogen-bond acceptors (Lipinski definition) is 3. The summed E-state index contributed by atoms with van der Waals surface area (Å²) in [5.74, 6) is 0.385. The predicted octanol–water partition coefficient (Wildman–Crippen LogP) is 3.91. The fourth-order valence-corrected chi connectivity index (χ4v) is 2.32. The summed E-state index contributed by atoms with van der Waals surface area (Å²) in [6.07, 6.45) is 0. The predicted molar refractivity (Wildman–Crippen MR) is 89.0 cm³/mol. The number of hydrogen-bond donors (Lipinski definition) is 2. The van der Waals surface area contributed by atoms with Gasteiger partial charge in [0.15, 0.2) is 0 Å². The first-order chi connectivity index (χ1) is 9.92. The summed E-state index contributed by atoms with van der Waals surface area (Å²) in [4.78, 5) is 12.3. The van der Waals surface area contributed by atoms with Crippen LogP contribution in [0.1, 0.15) is 21.5 Å². The van der Waals surface area contributed by atoms with Gasteiger partial charge < -0.3 is 15.8 Å². The average molecular weight is 349 g/mol. The van der Waals surface area contributed by atoms with E-state index in [0.717, 1.165) is 21.3 Å². The highest BCUT2D eigenvalue weighted by molar-refractivity contribution is 9.10. The molecule has 0 aliphatic carbocycles. The number of carbonyl (C=O) groups excluding carboxylic acids is 1. The van der Waals surface area contributed by atoms with Gasteiger partial charge in [0.25, 0.3) is 5.91 Å². The Balaban J connectivity index is 2.26. The Kier molecular flexibility index (Phi) is 4.53. The van der Waals surface area contributed by atoms with E-state index in [2.05, 4.69) is 21.2 Å². The van der Waals surface area contributed by atoms with E-state index in [4.69, 9.17) is 10.5 Å². The molecule has 5 heteroatoms. The summed E-state index contributed by atoms with van der Waals surface area (Å²) in [5, 5.41) is 2.86. The Morgan fingerprint density at radius 3 is 2.33 bits per heavy atom. The van der Waals surface area contributed by atoms with Gasteiger partial charge in [-0.25, -0.2) is 0 Å². The number of carbonyl (C=O) groups is 1. The third kappa shape index (κ3) is 3.36. The van der Waals surface area contributed by atoms with E-state index in [1.165, 1.54) is 0 Å². The van der Waals surface area contributed by atoms with E-state index in [9.17, 15) is 4.79 Å². The fraction of sp³-hybridized carbons (Fsp3) is 0.188. The van der Waals surface area contributed by atoms with Crippen LogP contribution in [0.4, 0.5) is 11.4 Å². The lowest BCUT2D eigenvalue weighted by atomic mass is 10.1. The molecule has 0 heterocycles. The van der Waals surface area contributed by atoms with Crippen molar-refractivity contribution in [2.45, 2.75) is 13.8 Å². The second-order valence-corrected chi connectivity index (χ2v) is 5.62. The zero-order valence-electron chi connectivity index (χ0n) is 12.2. The Labute approximate surface area is 132 Å². The van der Waals surface area contributed by atoms with Gasteiger partial charge in [-0.2, -0.15) is 0 Å². The molecule has 2 rings (SSSR count). The van der Waals surface area contributed by atoms with Crippen molar-refractivity contribution in [1.82, 2.24) is 0 Å². The molecule has 2 aromatic rings. The Morgan fingerprint density at radius 2 is 1.81 bits per heavy atom. The van der Waals surface area contributed by atoms with Crippen molar-refractivity contribution in [1.29, 1.82) is 0 Å². The SMILES string of the molecule is COc1ccc(C(=O)Nc2cc(C)c(Br)c(C)c2)c(N)c1. The molecule has 0 radical (unpaired) electrons. The lowest BCUT2D eigenvalue weighted by molar-refractivity contribution is 0.102. The topological polar surface area (TPSA) is 64.3 Å². The van der Waals surface area contributed by atoms with Gasteiger partial charge in [-0.3, -0.25) is 4.79 Å². The second-order valence-electron chi connectivity index (χ2n) is 4.83. The van der Waals surface area contributed by atoms with Crippen LogP contribution < -0.4 is 15.8 Å². The van der Waals surface area contributed by atoms with Crippen molar-refractivity contribution in [3.05, 3.63) is 51.5 Å². The number of ether oxygens (including phenoxy) is 1. The van der Waals surface area contributed by atoms with Gasteiger partial charge in [-0.1, -0.05) is 15.9 Å². The van der Waals surface area contributed by atoms with Crippen molar-refractivity contribution in [3.8, 4) is 5.75 Å². The molecule has 0 fully saturated rings. The number of rotatable bonds is 3. The highest BCUT2D eigenvalue weighted by Gasteiger charge is 2.12. The zero-order chi connectivity index (χ0) is 15.6. The van der Waals surface area contributed by atoms with Crippen molar-refractivity contribution >= 4 is 33.2 Å².